The van der Waals surface area contributed by atoms with Crippen LogP contribution in [0.4, 0.5) is 38.9 Å². The molecule has 0 bridgehead atoms. The molecule has 2 aromatic carbocycles. The number of benzene rings is 2. The summed E-state index contributed by atoms with van der Waals surface area (Å²) in [7, 11) is 0.147. The first-order valence-electron chi connectivity index (χ1n) is 12.6. The van der Waals surface area contributed by atoms with Crippen LogP contribution >= 0.6 is 0 Å². The number of sulfonamides is 1. The molecule has 0 saturated carbocycles. The summed E-state index contributed by atoms with van der Waals surface area (Å²) in [6, 6.07) is 12.4. The van der Waals surface area contributed by atoms with Crippen molar-refractivity contribution in [3.05, 3.63) is 65.6 Å². The Morgan fingerprint density at radius 2 is 1.82 bits per heavy atom. The van der Waals surface area contributed by atoms with Crippen molar-refractivity contribution in [1.29, 1.82) is 0 Å². The van der Waals surface area contributed by atoms with E-state index in [9.17, 15) is 12.8 Å². The van der Waals surface area contributed by atoms with Crippen molar-refractivity contribution >= 4 is 50.6 Å². The Hall–Kier alpha value is -3.70. The van der Waals surface area contributed by atoms with Gasteiger partial charge < -0.3 is 20.9 Å². The SMILES string of the molecule is CN1CCC(Nc2ccc(Nc3nc4c(c(Nc5ccccc5N(C)S(C)(=O)=O)n3)C=CC4)cc2F)CC1. The largest absolute Gasteiger partial charge is 0.380 e. The number of likely N-dealkylation sites (tertiary alicyclic amines) is 1. The average Bonchev–Trinajstić information content (AvgIpc) is 3.35. The molecule has 1 aromatic heterocycles. The van der Waals surface area contributed by atoms with E-state index in [-0.39, 0.29) is 11.9 Å². The number of nitrogens with zero attached hydrogens (tertiary/aromatic N) is 4. The molecule has 3 aromatic rings. The first-order chi connectivity index (χ1) is 18.2. The predicted octanol–water partition coefficient (Wildman–Crippen LogP) is 4.57. The summed E-state index contributed by atoms with van der Waals surface area (Å²) < 4.78 is 40.5. The molecule has 1 aliphatic heterocycles. The standard InChI is InChI=1S/C27H32FN7O2S/c1-34-15-13-18(14-16-34)29-23-12-11-19(17-21(23)28)30-27-32-22-9-6-7-20(22)26(33-27)31-24-8-4-5-10-25(24)35(2)38(3,36)37/h4-8,10-12,17-18,29H,9,13-16H2,1-3H3,(H2,30,31,32,33). The minimum atomic E-state index is -3.46. The molecule has 1 saturated heterocycles. The molecule has 0 amide bonds. The lowest BCUT2D eigenvalue weighted by atomic mass is 10.1. The Kier molecular flexibility index (Phi) is 7.22. The minimum Gasteiger partial charge on any atom is -0.380 e. The van der Waals surface area contributed by atoms with Crippen LogP contribution in [0.1, 0.15) is 24.1 Å². The highest BCUT2D eigenvalue weighted by atomic mass is 32.2. The van der Waals surface area contributed by atoms with Gasteiger partial charge in [-0.25, -0.2) is 17.8 Å². The van der Waals surface area contributed by atoms with Crippen molar-refractivity contribution in [3.63, 3.8) is 0 Å². The zero-order chi connectivity index (χ0) is 26.9. The molecule has 0 atom stereocenters. The van der Waals surface area contributed by atoms with Gasteiger partial charge in [0.1, 0.15) is 11.6 Å². The van der Waals surface area contributed by atoms with Gasteiger partial charge in [0.15, 0.2) is 0 Å². The van der Waals surface area contributed by atoms with Gasteiger partial charge in [-0.2, -0.15) is 4.98 Å². The first kappa shape index (κ1) is 25.9. The van der Waals surface area contributed by atoms with Gasteiger partial charge in [-0.15, -0.1) is 0 Å². The van der Waals surface area contributed by atoms with Crippen molar-refractivity contribution in [3.8, 4) is 0 Å². The van der Waals surface area contributed by atoms with Crippen LogP contribution < -0.4 is 20.3 Å². The van der Waals surface area contributed by atoms with Crippen molar-refractivity contribution < 1.29 is 12.8 Å². The quantitative estimate of drug-likeness (QED) is 0.384. The smallest absolute Gasteiger partial charge is 0.232 e. The van der Waals surface area contributed by atoms with E-state index in [1.54, 1.807) is 30.3 Å². The fourth-order valence-corrected chi connectivity index (χ4v) is 5.17. The number of rotatable bonds is 8. The number of nitrogens with one attached hydrogen (secondary N) is 3. The lowest BCUT2D eigenvalue weighted by Crippen LogP contribution is -2.36. The van der Waals surface area contributed by atoms with Crippen LogP contribution in [0.15, 0.2) is 48.5 Å². The number of para-hydroxylation sites is 2. The highest BCUT2D eigenvalue weighted by Crippen LogP contribution is 2.34. The highest BCUT2D eigenvalue weighted by molar-refractivity contribution is 7.92. The molecule has 3 N–H and O–H groups in total. The number of hydrogen-bond acceptors (Lipinski definition) is 8. The van der Waals surface area contributed by atoms with E-state index in [4.69, 9.17) is 0 Å². The summed E-state index contributed by atoms with van der Waals surface area (Å²) in [4.78, 5) is 11.6. The normalized spacial score (nSPS) is 15.8. The van der Waals surface area contributed by atoms with Crippen LogP contribution in [0.25, 0.3) is 6.08 Å². The molecule has 1 fully saturated rings. The zero-order valence-corrected chi connectivity index (χ0v) is 22.5. The van der Waals surface area contributed by atoms with Gasteiger partial charge in [0.2, 0.25) is 16.0 Å². The monoisotopic (exact) mass is 537 g/mol. The summed E-state index contributed by atoms with van der Waals surface area (Å²) >= 11 is 0. The molecular weight excluding hydrogens is 505 g/mol. The van der Waals surface area contributed by atoms with Crippen LogP contribution in [-0.4, -0.2) is 62.8 Å². The van der Waals surface area contributed by atoms with Crippen LogP contribution in [0.5, 0.6) is 0 Å². The molecule has 0 radical (unpaired) electrons. The lowest BCUT2D eigenvalue weighted by molar-refractivity contribution is 0.263. The molecule has 5 rings (SSSR count). The van der Waals surface area contributed by atoms with Gasteiger partial charge in [0, 0.05) is 30.8 Å². The summed E-state index contributed by atoms with van der Waals surface area (Å²) in [6.45, 7) is 1.99. The average molecular weight is 538 g/mol. The van der Waals surface area contributed by atoms with Crippen molar-refractivity contribution in [2.24, 2.45) is 0 Å². The van der Waals surface area contributed by atoms with E-state index in [0.29, 0.717) is 40.9 Å². The van der Waals surface area contributed by atoms with Crippen molar-refractivity contribution in [1.82, 2.24) is 14.9 Å². The molecule has 1 aliphatic carbocycles. The Morgan fingerprint density at radius 1 is 1.05 bits per heavy atom. The van der Waals surface area contributed by atoms with Gasteiger partial charge in [-0.1, -0.05) is 24.3 Å². The van der Waals surface area contributed by atoms with E-state index in [2.05, 4.69) is 37.9 Å². The number of piperidine rings is 1. The van der Waals surface area contributed by atoms with Crippen LogP contribution in [0, 0.1) is 5.82 Å². The Bertz CT molecular complexity index is 1470. The fourth-order valence-electron chi connectivity index (χ4n) is 4.66. The fraction of sp³-hybridized carbons (Fsp3) is 0.333. The maximum atomic E-state index is 15.0. The molecule has 0 spiro atoms. The van der Waals surface area contributed by atoms with Crippen LogP contribution in [0.3, 0.4) is 0 Å². The number of aromatic nitrogens is 2. The van der Waals surface area contributed by atoms with E-state index < -0.39 is 10.0 Å². The summed E-state index contributed by atoms with van der Waals surface area (Å²) in [6.07, 6.45) is 7.68. The molecule has 200 valence electrons. The lowest BCUT2D eigenvalue weighted by Gasteiger charge is -2.30. The van der Waals surface area contributed by atoms with Crippen molar-refractivity contribution in [2.75, 3.05) is 53.7 Å². The molecular formula is C27H32FN7O2S. The van der Waals surface area contributed by atoms with Crippen LogP contribution in [0.2, 0.25) is 0 Å². The summed E-state index contributed by atoms with van der Waals surface area (Å²) in [5, 5.41) is 9.74. The second-order valence-corrected chi connectivity index (χ2v) is 11.8. The second kappa shape index (κ2) is 10.6. The Labute approximate surface area is 222 Å². The van der Waals surface area contributed by atoms with E-state index >= 15 is 0 Å². The third-order valence-corrected chi connectivity index (χ3v) is 8.11. The molecule has 11 heteroatoms. The van der Waals surface area contributed by atoms with E-state index in [0.717, 1.165) is 43.4 Å². The predicted molar refractivity (Wildman–Crippen MR) is 152 cm³/mol. The van der Waals surface area contributed by atoms with Crippen molar-refractivity contribution in [2.45, 2.75) is 25.3 Å². The highest BCUT2D eigenvalue weighted by Gasteiger charge is 2.21. The van der Waals surface area contributed by atoms with Gasteiger partial charge in [0.25, 0.3) is 0 Å². The summed E-state index contributed by atoms with van der Waals surface area (Å²) in [5.41, 5.74) is 3.75. The van der Waals surface area contributed by atoms with Gasteiger partial charge in [0.05, 0.1) is 29.0 Å². The maximum Gasteiger partial charge on any atom is 0.232 e. The second-order valence-electron chi connectivity index (χ2n) is 9.78. The molecule has 38 heavy (non-hydrogen) atoms. The Balaban J connectivity index is 1.37. The Morgan fingerprint density at radius 3 is 2.55 bits per heavy atom. The van der Waals surface area contributed by atoms with Gasteiger partial charge in [-0.3, -0.25) is 4.31 Å². The molecule has 2 aliphatic rings. The maximum absolute atomic E-state index is 15.0. The number of allylic oxidation sites excluding steroid dienone is 1. The molecule has 9 nitrogen and oxygen atoms in total. The first-order valence-corrected chi connectivity index (χ1v) is 14.4. The minimum absolute atomic E-state index is 0.255. The number of halogens is 1. The number of hydrogen-bond donors (Lipinski definition) is 3. The number of anilines is 6. The third kappa shape index (κ3) is 5.73. The molecule has 0 unspecified atom stereocenters. The third-order valence-electron chi connectivity index (χ3n) is 6.92. The molecule has 2 heterocycles. The van der Waals surface area contributed by atoms with Crippen LogP contribution in [-0.2, 0) is 16.4 Å². The van der Waals surface area contributed by atoms with Gasteiger partial charge in [-0.05, 0) is 63.3 Å². The van der Waals surface area contributed by atoms with Gasteiger partial charge >= 0.3 is 0 Å². The van der Waals surface area contributed by atoms with E-state index in [1.165, 1.54) is 17.4 Å². The summed E-state index contributed by atoms with van der Waals surface area (Å²) in [5.74, 6) is 0.508. The topological polar surface area (TPSA) is 102 Å². The zero-order valence-electron chi connectivity index (χ0n) is 21.7. The number of fused-ring (bicyclic) bond motifs is 1. The van der Waals surface area contributed by atoms with E-state index in [1.807, 2.05) is 18.2 Å².